The maximum absolute atomic E-state index is 12.6. The quantitative estimate of drug-likeness (QED) is 0.672. The van der Waals surface area contributed by atoms with Crippen LogP contribution in [0.5, 0.6) is 0 Å². The average Bonchev–Trinajstić information content (AvgIpc) is 2.54. The van der Waals surface area contributed by atoms with Crippen LogP contribution in [0.2, 0.25) is 0 Å². The average molecular weight is 441 g/mol. The number of carbonyl (C=O) groups excluding carboxylic acids is 1. The number of hydrogen-bond donors (Lipinski definition) is 2. The number of carbonyl (C=O) groups is 2. The molecule has 2 N–H and O–H groups in total. The molecule has 4 nitrogen and oxygen atoms in total. The summed E-state index contributed by atoms with van der Waals surface area (Å²) in [6.45, 7) is 0. The van der Waals surface area contributed by atoms with E-state index in [0.29, 0.717) is 17.5 Å². The molecule has 0 unspecified atom stereocenters. The molecule has 0 aliphatic heterocycles. The van der Waals surface area contributed by atoms with Gasteiger partial charge < -0.3 is 10.4 Å². The third-order valence-corrected chi connectivity index (χ3v) is 4.66. The van der Waals surface area contributed by atoms with Gasteiger partial charge in [0.15, 0.2) is 5.78 Å². The van der Waals surface area contributed by atoms with Crippen molar-refractivity contribution in [3.63, 3.8) is 0 Å². The van der Waals surface area contributed by atoms with Gasteiger partial charge in [-0.3, -0.25) is 9.59 Å². The standard InChI is InChI=1S/C17H15Br2NO3/c1-20-15(17(22)23)8-10-2-4-11(5-3-10)16(21)13-9-12(18)6-7-14(13)19/h2-7,9,15,20H,8H2,1H3,(H,22,23)/t15-/m1/s1. The lowest BCUT2D eigenvalue weighted by Gasteiger charge is -2.11. The fraction of sp³-hybridized carbons (Fsp3) is 0.176. The Morgan fingerprint density at radius 2 is 1.78 bits per heavy atom. The molecule has 0 aromatic heterocycles. The van der Waals surface area contributed by atoms with Crippen molar-refractivity contribution in [2.45, 2.75) is 12.5 Å². The number of nitrogens with one attached hydrogen (secondary N) is 1. The number of aliphatic carboxylic acids is 1. The molecule has 6 heteroatoms. The number of hydrogen-bond acceptors (Lipinski definition) is 3. The molecule has 1 atom stereocenters. The Morgan fingerprint density at radius 3 is 2.35 bits per heavy atom. The Hall–Kier alpha value is -1.50. The second-order valence-electron chi connectivity index (χ2n) is 5.03. The summed E-state index contributed by atoms with van der Waals surface area (Å²) in [5, 5.41) is 11.8. The topological polar surface area (TPSA) is 66.4 Å². The van der Waals surface area contributed by atoms with Gasteiger partial charge in [-0.1, -0.05) is 56.1 Å². The molecule has 0 saturated heterocycles. The highest BCUT2D eigenvalue weighted by Crippen LogP contribution is 2.24. The van der Waals surface area contributed by atoms with Gasteiger partial charge in [0.25, 0.3) is 0 Å². The normalized spacial score (nSPS) is 12.0. The van der Waals surface area contributed by atoms with Crippen LogP contribution in [0.15, 0.2) is 51.4 Å². The molecule has 0 bridgehead atoms. The molecule has 0 amide bonds. The van der Waals surface area contributed by atoms with Crippen LogP contribution in [0.3, 0.4) is 0 Å². The molecule has 23 heavy (non-hydrogen) atoms. The summed E-state index contributed by atoms with van der Waals surface area (Å²) in [4.78, 5) is 23.6. The molecular formula is C17H15Br2NO3. The highest BCUT2D eigenvalue weighted by molar-refractivity contribution is 9.11. The van der Waals surface area contributed by atoms with E-state index in [1.54, 1.807) is 37.4 Å². The number of likely N-dealkylation sites (N-methyl/N-ethyl adjacent to an activating group) is 1. The lowest BCUT2D eigenvalue weighted by Crippen LogP contribution is -2.35. The number of benzene rings is 2. The Balaban J connectivity index is 2.20. The Kier molecular flexibility index (Phi) is 6.10. The van der Waals surface area contributed by atoms with E-state index in [2.05, 4.69) is 37.2 Å². The number of carboxylic acid groups (broad SMARTS) is 1. The first-order valence-electron chi connectivity index (χ1n) is 6.91. The van der Waals surface area contributed by atoms with Gasteiger partial charge in [-0.05, 0) is 37.2 Å². The SMILES string of the molecule is CN[C@H](Cc1ccc(C(=O)c2cc(Br)ccc2Br)cc1)C(=O)O. The molecule has 0 radical (unpaired) electrons. The van der Waals surface area contributed by atoms with Crippen LogP contribution in [0.25, 0.3) is 0 Å². The Morgan fingerprint density at radius 1 is 1.13 bits per heavy atom. The Bertz CT molecular complexity index is 729. The van der Waals surface area contributed by atoms with E-state index in [-0.39, 0.29) is 5.78 Å². The van der Waals surface area contributed by atoms with Crippen LogP contribution in [0.1, 0.15) is 21.5 Å². The van der Waals surface area contributed by atoms with Gasteiger partial charge in [0.2, 0.25) is 0 Å². The van der Waals surface area contributed by atoms with Crippen molar-refractivity contribution in [1.29, 1.82) is 0 Å². The molecular weight excluding hydrogens is 426 g/mol. The van der Waals surface area contributed by atoms with Crippen molar-refractivity contribution in [2.24, 2.45) is 0 Å². The zero-order valence-electron chi connectivity index (χ0n) is 12.3. The predicted octanol–water partition coefficient (Wildman–Crippen LogP) is 3.66. The second kappa shape index (κ2) is 7.86. The second-order valence-corrected chi connectivity index (χ2v) is 6.80. The molecule has 0 aliphatic rings. The van der Waals surface area contributed by atoms with Gasteiger partial charge in [-0.25, -0.2) is 0 Å². The van der Waals surface area contributed by atoms with Crippen molar-refractivity contribution in [1.82, 2.24) is 5.32 Å². The minimum atomic E-state index is -0.897. The first-order valence-corrected chi connectivity index (χ1v) is 8.49. The van der Waals surface area contributed by atoms with Gasteiger partial charge in [0, 0.05) is 20.1 Å². The summed E-state index contributed by atoms with van der Waals surface area (Å²) < 4.78 is 1.56. The fourth-order valence-corrected chi connectivity index (χ4v) is 2.96. The van der Waals surface area contributed by atoms with E-state index in [1.165, 1.54) is 0 Å². The summed E-state index contributed by atoms with van der Waals surface area (Å²) in [7, 11) is 1.61. The first-order chi connectivity index (χ1) is 10.9. The molecule has 2 aromatic rings. The Labute approximate surface area is 151 Å². The smallest absolute Gasteiger partial charge is 0.321 e. The van der Waals surface area contributed by atoms with Gasteiger partial charge in [0.1, 0.15) is 6.04 Å². The number of carboxylic acids is 1. The largest absolute Gasteiger partial charge is 0.480 e. The summed E-state index contributed by atoms with van der Waals surface area (Å²) in [6.07, 6.45) is 0.362. The molecule has 2 aromatic carbocycles. The molecule has 2 rings (SSSR count). The third-order valence-electron chi connectivity index (χ3n) is 3.48. The molecule has 0 heterocycles. The number of ketones is 1. The zero-order valence-corrected chi connectivity index (χ0v) is 15.5. The summed E-state index contributed by atoms with van der Waals surface area (Å²) in [5.74, 6) is -0.987. The minimum absolute atomic E-state index is 0.0897. The van der Waals surface area contributed by atoms with Crippen molar-refractivity contribution in [3.8, 4) is 0 Å². The van der Waals surface area contributed by atoms with Gasteiger partial charge >= 0.3 is 5.97 Å². The first kappa shape index (κ1) is 17.8. The van der Waals surface area contributed by atoms with E-state index in [0.717, 1.165) is 14.5 Å². The number of halogens is 2. The van der Waals surface area contributed by atoms with Crippen LogP contribution in [0.4, 0.5) is 0 Å². The maximum Gasteiger partial charge on any atom is 0.321 e. The van der Waals surface area contributed by atoms with Crippen LogP contribution in [0, 0.1) is 0 Å². The van der Waals surface area contributed by atoms with E-state index in [9.17, 15) is 9.59 Å². The van der Waals surface area contributed by atoms with E-state index in [4.69, 9.17) is 5.11 Å². The predicted molar refractivity (Wildman–Crippen MR) is 95.9 cm³/mol. The monoisotopic (exact) mass is 439 g/mol. The van der Waals surface area contributed by atoms with Crippen LogP contribution in [-0.2, 0) is 11.2 Å². The third kappa shape index (κ3) is 4.50. The summed E-state index contributed by atoms with van der Waals surface area (Å²) >= 11 is 6.75. The van der Waals surface area contributed by atoms with Crippen molar-refractivity contribution < 1.29 is 14.7 Å². The summed E-state index contributed by atoms with van der Waals surface area (Å²) in [5.41, 5.74) is 1.99. The lowest BCUT2D eigenvalue weighted by molar-refractivity contribution is -0.139. The summed E-state index contributed by atoms with van der Waals surface area (Å²) in [6, 6.07) is 11.8. The van der Waals surface area contributed by atoms with E-state index in [1.807, 2.05) is 12.1 Å². The van der Waals surface area contributed by atoms with Crippen molar-refractivity contribution in [3.05, 3.63) is 68.1 Å². The van der Waals surface area contributed by atoms with Crippen molar-refractivity contribution in [2.75, 3.05) is 7.05 Å². The van der Waals surface area contributed by atoms with Gasteiger partial charge in [-0.2, -0.15) is 0 Å². The molecule has 0 fully saturated rings. The van der Waals surface area contributed by atoms with Crippen LogP contribution >= 0.6 is 31.9 Å². The molecule has 0 spiro atoms. The molecule has 0 saturated carbocycles. The minimum Gasteiger partial charge on any atom is -0.480 e. The van der Waals surface area contributed by atoms with E-state index >= 15 is 0 Å². The molecule has 120 valence electrons. The van der Waals surface area contributed by atoms with Crippen molar-refractivity contribution >= 4 is 43.6 Å². The lowest BCUT2D eigenvalue weighted by atomic mass is 9.99. The molecule has 0 aliphatic carbocycles. The maximum atomic E-state index is 12.6. The van der Waals surface area contributed by atoms with Gasteiger partial charge in [0.05, 0.1) is 0 Å². The zero-order chi connectivity index (χ0) is 17.0. The van der Waals surface area contributed by atoms with Crippen LogP contribution < -0.4 is 5.32 Å². The highest BCUT2D eigenvalue weighted by atomic mass is 79.9. The number of rotatable bonds is 6. The van der Waals surface area contributed by atoms with Crippen LogP contribution in [-0.4, -0.2) is 29.9 Å². The fourth-order valence-electron chi connectivity index (χ4n) is 2.17. The van der Waals surface area contributed by atoms with Gasteiger partial charge in [-0.15, -0.1) is 0 Å². The highest BCUT2D eigenvalue weighted by Gasteiger charge is 2.16. The van der Waals surface area contributed by atoms with E-state index < -0.39 is 12.0 Å².